The topological polar surface area (TPSA) is 123 Å². The van der Waals surface area contributed by atoms with Crippen molar-refractivity contribution < 1.29 is 14.6 Å². The SMILES string of the molecule is COc1cnc(Cl)cc1-c1cc(C)ncc1C(=O)Nc1nc2cnc(CC[C@@H](C)O)nc2s1. The first-order valence-corrected chi connectivity index (χ1v) is 11.3. The zero-order valence-electron chi connectivity index (χ0n) is 18.2. The zero-order chi connectivity index (χ0) is 23.5. The molecule has 0 aliphatic heterocycles. The van der Waals surface area contributed by atoms with Crippen LogP contribution >= 0.6 is 22.9 Å². The van der Waals surface area contributed by atoms with Gasteiger partial charge in [0.15, 0.2) is 5.13 Å². The lowest BCUT2D eigenvalue weighted by atomic mass is 10.0. The van der Waals surface area contributed by atoms with Crippen LogP contribution in [0, 0.1) is 6.92 Å². The number of carbonyl (C=O) groups is 1. The minimum Gasteiger partial charge on any atom is -0.494 e. The van der Waals surface area contributed by atoms with Crippen LogP contribution in [0.15, 0.2) is 30.7 Å². The highest BCUT2D eigenvalue weighted by atomic mass is 35.5. The van der Waals surface area contributed by atoms with Crippen molar-refractivity contribution in [1.29, 1.82) is 0 Å². The van der Waals surface area contributed by atoms with Gasteiger partial charge in [0.2, 0.25) is 0 Å². The third-order valence-corrected chi connectivity index (χ3v) is 5.92. The average molecular weight is 485 g/mol. The number of rotatable bonds is 7. The molecular formula is C22H21ClN6O3S. The number of aromatic nitrogens is 5. The molecule has 0 saturated heterocycles. The van der Waals surface area contributed by atoms with Crippen molar-refractivity contribution in [2.24, 2.45) is 0 Å². The largest absolute Gasteiger partial charge is 0.494 e. The van der Waals surface area contributed by atoms with Gasteiger partial charge >= 0.3 is 0 Å². The van der Waals surface area contributed by atoms with Crippen molar-refractivity contribution >= 4 is 44.3 Å². The smallest absolute Gasteiger partial charge is 0.259 e. The minimum absolute atomic E-state index is 0.280. The molecule has 0 saturated carbocycles. The molecule has 11 heteroatoms. The maximum Gasteiger partial charge on any atom is 0.259 e. The number of halogens is 1. The highest BCUT2D eigenvalue weighted by Crippen LogP contribution is 2.34. The molecule has 0 aliphatic carbocycles. The van der Waals surface area contributed by atoms with Gasteiger partial charge in [0.05, 0.1) is 31.2 Å². The van der Waals surface area contributed by atoms with Crippen molar-refractivity contribution in [1.82, 2.24) is 24.9 Å². The number of anilines is 1. The lowest BCUT2D eigenvalue weighted by Gasteiger charge is -2.13. The summed E-state index contributed by atoms with van der Waals surface area (Å²) in [5, 5.41) is 13.0. The van der Waals surface area contributed by atoms with Crippen LogP contribution in [0.5, 0.6) is 5.75 Å². The Labute approximate surface area is 198 Å². The van der Waals surface area contributed by atoms with Crippen LogP contribution in [0.3, 0.4) is 0 Å². The van der Waals surface area contributed by atoms with Crippen LogP contribution in [-0.4, -0.2) is 49.1 Å². The van der Waals surface area contributed by atoms with Gasteiger partial charge < -0.3 is 9.84 Å². The number of aryl methyl sites for hydroxylation is 2. The second kappa shape index (κ2) is 9.74. The van der Waals surface area contributed by atoms with E-state index in [0.29, 0.717) is 56.6 Å². The fraction of sp³-hybridized carbons (Fsp3) is 0.273. The van der Waals surface area contributed by atoms with E-state index in [1.165, 1.54) is 30.8 Å². The highest BCUT2D eigenvalue weighted by Gasteiger charge is 2.19. The van der Waals surface area contributed by atoms with Crippen molar-refractivity contribution in [3.05, 3.63) is 53.0 Å². The number of nitrogens with zero attached hydrogens (tertiary/aromatic N) is 5. The van der Waals surface area contributed by atoms with E-state index in [4.69, 9.17) is 16.3 Å². The number of amides is 1. The molecule has 33 heavy (non-hydrogen) atoms. The van der Waals surface area contributed by atoms with E-state index < -0.39 is 6.10 Å². The molecule has 4 aromatic rings. The first kappa shape index (κ1) is 23.0. The van der Waals surface area contributed by atoms with E-state index in [1.54, 1.807) is 25.3 Å². The molecule has 0 unspecified atom stereocenters. The average Bonchev–Trinajstić information content (AvgIpc) is 3.18. The van der Waals surface area contributed by atoms with Crippen LogP contribution < -0.4 is 10.1 Å². The Kier molecular flexibility index (Phi) is 6.77. The van der Waals surface area contributed by atoms with Crippen LogP contribution in [0.4, 0.5) is 5.13 Å². The molecule has 4 heterocycles. The van der Waals surface area contributed by atoms with Crippen molar-refractivity contribution in [2.45, 2.75) is 32.8 Å². The standard InChI is InChI=1S/C22H21ClN6O3S/c1-11-6-13(14-7-18(23)25-10-17(14)32-3)15(8-24-11)20(31)29-22-27-16-9-26-19(5-4-12(2)30)28-21(16)33-22/h6-10,12,30H,4-5H2,1-3H3,(H,27,29,31)/t12-/m1/s1. The number of fused-ring (bicyclic) bond motifs is 1. The van der Waals surface area contributed by atoms with E-state index in [1.807, 2.05) is 6.92 Å². The van der Waals surface area contributed by atoms with Gasteiger partial charge in [-0.2, -0.15) is 0 Å². The van der Waals surface area contributed by atoms with Gasteiger partial charge in [-0.3, -0.25) is 15.1 Å². The van der Waals surface area contributed by atoms with E-state index in [0.717, 1.165) is 5.69 Å². The van der Waals surface area contributed by atoms with Gasteiger partial charge in [-0.05, 0) is 32.4 Å². The Hall–Kier alpha value is -3.21. The lowest BCUT2D eigenvalue weighted by molar-refractivity contribution is 0.102. The number of hydrogen-bond acceptors (Lipinski definition) is 9. The molecule has 0 fully saturated rings. The number of hydrogen-bond donors (Lipinski definition) is 2. The summed E-state index contributed by atoms with van der Waals surface area (Å²) in [5.74, 6) is 0.726. The Morgan fingerprint density at radius 2 is 2.00 bits per heavy atom. The van der Waals surface area contributed by atoms with Gasteiger partial charge in [-0.25, -0.2) is 19.9 Å². The summed E-state index contributed by atoms with van der Waals surface area (Å²) >= 11 is 7.36. The summed E-state index contributed by atoms with van der Waals surface area (Å²) in [6.07, 6.45) is 5.34. The van der Waals surface area contributed by atoms with Gasteiger partial charge in [0.1, 0.15) is 27.1 Å². The molecule has 4 aromatic heterocycles. The molecule has 2 N–H and O–H groups in total. The molecule has 0 radical (unpaired) electrons. The maximum absolute atomic E-state index is 13.2. The monoisotopic (exact) mass is 484 g/mol. The number of thiazole rings is 1. The summed E-state index contributed by atoms with van der Waals surface area (Å²) in [7, 11) is 1.53. The van der Waals surface area contributed by atoms with Gasteiger partial charge in [-0.1, -0.05) is 22.9 Å². The summed E-state index contributed by atoms with van der Waals surface area (Å²) in [6, 6.07) is 3.44. The third kappa shape index (κ3) is 5.24. The van der Waals surface area contributed by atoms with Gasteiger partial charge in [0, 0.05) is 29.4 Å². The second-order valence-electron chi connectivity index (χ2n) is 7.42. The Balaban J connectivity index is 1.64. The van der Waals surface area contributed by atoms with E-state index in [9.17, 15) is 9.90 Å². The normalized spacial score (nSPS) is 12.0. The van der Waals surface area contributed by atoms with Crippen molar-refractivity contribution in [3.63, 3.8) is 0 Å². The molecule has 9 nitrogen and oxygen atoms in total. The Bertz CT molecular complexity index is 1330. The molecule has 4 rings (SSSR count). The summed E-state index contributed by atoms with van der Waals surface area (Å²) in [4.78, 5) is 35.4. The molecule has 170 valence electrons. The van der Waals surface area contributed by atoms with Gasteiger partial charge in [0.25, 0.3) is 5.91 Å². The number of pyridine rings is 2. The lowest BCUT2D eigenvalue weighted by Crippen LogP contribution is -2.14. The number of aliphatic hydroxyl groups is 1. The molecule has 0 aliphatic rings. The fourth-order valence-corrected chi connectivity index (χ4v) is 4.18. The first-order chi connectivity index (χ1) is 15.8. The molecule has 1 atom stereocenters. The Morgan fingerprint density at radius 3 is 2.76 bits per heavy atom. The summed E-state index contributed by atoms with van der Waals surface area (Å²) in [6.45, 7) is 3.56. The second-order valence-corrected chi connectivity index (χ2v) is 8.78. The number of ether oxygens (including phenoxy) is 1. The predicted molar refractivity (Wildman–Crippen MR) is 127 cm³/mol. The number of carbonyl (C=O) groups excluding carboxylic acids is 1. The third-order valence-electron chi connectivity index (χ3n) is 4.84. The predicted octanol–water partition coefficient (Wildman–Crippen LogP) is 4.08. The van der Waals surface area contributed by atoms with Crippen molar-refractivity contribution in [3.8, 4) is 16.9 Å². The zero-order valence-corrected chi connectivity index (χ0v) is 19.7. The molecule has 0 spiro atoms. The van der Waals surface area contributed by atoms with E-state index in [-0.39, 0.29) is 11.1 Å². The highest BCUT2D eigenvalue weighted by molar-refractivity contribution is 7.21. The molecule has 0 aromatic carbocycles. The molecule has 0 bridgehead atoms. The number of aliphatic hydroxyl groups excluding tert-OH is 1. The molecular weight excluding hydrogens is 464 g/mol. The number of methoxy groups -OCH3 is 1. The summed E-state index contributed by atoms with van der Waals surface area (Å²) in [5.41, 5.74) is 2.90. The molecule has 1 amide bonds. The van der Waals surface area contributed by atoms with Crippen LogP contribution in [-0.2, 0) is 6.42 Å². The Morgan fingerprint density at radius 1 is 1.18 bits per heavy atom. The maximum atomic E-state index is 13.2. The van der Waals surface area contributed by atoms with Crippen LogP contribution in [0.1, 0.15) is 35.2 Å². The quantitative estimate of drug-likeness (QED) is 0.376. The summed E-state index contributed by atoms with van der Waals surface area (Å²) < 4.78 is 5.42. The first-order valence-electron chi connectivity index (χ1n) is 10.1. The van der Waals surface area contributed by atoms with E-state index >= 15 is 0 Å². The van der Waals surface area contributed by atoms with Crippen molar-refractivity contribution in [2.75, 3.05) is 12.4 Å². The van der Waals surface area contributed by atoms with E-state index in [2.05, 4.69) is 30.2 Å². The fourth-order valence-electron chi connectivity index (χ4n) is 3.20. The van der Waals surface area contributed by atoms with Crippen LogP contribution in [0.2, 0.25) is 5.15 Å². The minimum atomic E-state index is -0.424. The number of nitrogens with one attached hydrogen (secondary N) is 1. The van der Waals surface area contributed by atoms with Gasteiger partial charge in [-0.15, -0.1) is 0 Å². The van der Waals surface area contributed by atoms with Crippen LogP contribution in [0.25, 0.3) is 21.5 Å².